The van der Waals surface area contributed by atoms with Crippen LogP contribution in [0.25, 0.3) is 0 Å². The highest BCUT2D eigenvalue weighted by molar-refractivity contribution is 5.64. The number of nitrogens with two attached hydrogens (primary N) is 1. The van der Waals surface area contributed by atoms with Gasteiger partial charge in [0.25, 0.3) is 0 Å². The fraction of sp³-hybridized carbons (Fsp3) is 0.750. The molecule has 0 radical (unpaired) electrons. The molecule has 4 nitrogen and oxygen atoms in total. The normalized spacial score (nSPS) is 15.4. The van der Waals surface area contributed by atoms with Crippen LogP contribution in [0, 0.1) is 12.8 Å². The second-order valence-electron chi connectivity index (χ2n) is 4.68. The number of rotatable bonds is 6. The van der Waals surface area contributed by atoms with Crippen LogP contribution in [0.15, 0.2) is 0 Å². The van der Waals surface area contributed by atoms with Gasteiger partial charge in [-0.1, -0.05) is 12.8 Å². The van der Waals surface area contributed by atoms with E-state index in [0.717, 1.165) is 36.2 Å². The van der Waals surface area contributed by atoms with Crippen molar-refractivity contribution in [1.29, 1.82) is 0 Å². The first-order valence-corrected chi connectivity index (χ1v) is 6.29. The summed E-state index contributed by atoms with van der Waals surface area (Å²) in [6, 6.07) is 0. The first kappa shape index (κ1) is 11.3. The number of nitrogens with one attached hydrogen (secondary N) is 1. The Labute approximate surface area is 97.2 Å². The summed E-state index contributed by atoms with van der Waals surface area (Å²) in [5, 5.41) is 7.80. The third kappa shape index (κ3) is 2.49. The minimum atomic E-state index is 0.799. The van der Waals surface area contributed by atoms with E-state index in [1.807, 2.05) is 11.6 Å². The predicted octanol–water partition coefficient (Wildman–Crippen LogP) is 2.40. The quantitative estimate of drug-likeness (QED) is 0.727. The highest BCUT2D eigenvalue weighted by Crippen LogP contribution is 2.33. The molecule has 90 valence electrons. The average molecular weight is 222 g/mol. The van der Waals surface area contributed by atoms with Gasteiger partial charge in [-0.15, -0.1) is 0 Å². The van der Waals surface area contributed by atoms with E-state index in [-0.39, 0.29) is 0 Å². The zero-order valence-electron chi connectivity index (χ0n) is 10.3. The maximum Gasteiger partial charge on any atom is 0.148 e. The van der Waals surface area contributed by atoms with E-state index < -0.39 is 0 Å². The molecule has 0 saturated heterocycles. The van der Waals surface area contributed by atoms with Crippen LogP contribution in [0.4, 0.5) is 11.5 Å². The highest BCUT2D eigenvalue weighted by Gasteiger charge is 2.20. The molecule has 0 atom stereocenters. The molecule has 0 aliphatic heterocycles. The lowest BCUT2D eigenvalue weighted by molar-refractivity contribution is 0.647. The monoisotopic (exact) mass is 222 g/mol. The van der Waals surface area contributed by atoms with Gasteiger partial charge in [-0.05, 0) is 32.6 Å². The van der Waals surface area contributed by atoms with Gasteiger partial charge >= 0.3 is 0 Å². The molecule has 1 aliphatic carbocycles. The van der Waals surface area contributed by atoms with E-state index in [1.165, 1.54) is 25.7 Å². The summed E-state index contributed by atoms with van der Waals surface area (Å²) in [6.07, 6.45) is 5.46. The van der Waals surface area contributed by atoms with Crippen LogP contribution in [0.1, 0.15) is 38.3 Å². The molecule has 1 fully saturated rings. The largest absolute Gasteiger partial charge is 0.394 e. The van der Waals surface area contributed by atoms with Gasteiger partial charge in [-0.3, -0.25) is 0 Å². The predicted molar refractivity (Wildman–Crippen MR) is 67.5 cm³/mol. The van der Waals surface area contributed by atoms with Crippen LogP contribution in [-0.2, 0) is 6.54 Å². The van der Waals surface area contributed by atoms with E-state index in [4.69, 9.17) is 5.73 Å². The van der Waals surface area contributed by atoms with Crippen molar-refractivity contribution in [3.63, 3.8) is 0 Å². The lowest BCUT2D eigenvalue weighted by atomic mass is 10.2. The molecule has 4 heteroatoms. The first-order chi connectivity index (χ1) is 7.72. The Balaban J connectivity index is 1.86. The van der Waals surface area contributed by atoms with E-state index in [9.17, 15) is 0 Å². The van der Waals surface area contributed by atoms with Crippen LogP contribution in [0.5, 0.6) is 0 Å². The van der Waals surface area contributed by atoms with Crippen molar-refractivity contribution in [3.8, 4) is 0 Å². The summed E-state index contributed by atoms with van der Waals surface area (Å²) in [7, 11) is 0. The topological polar surface area (TPSA) is 55.9 Å². The summed E-state index contributed by atoms with van der Waals surface area (Å²) >= 11 is 0. The van der Waals surface area contributed by atoms with Gasteiger partial charge in [0.15, 0.2) is 0 Å². The molecule has 0 spiro atoms. The second kappa shape index (κ2) is 4.76. The Bertz CT molecular complexity index is 352. The lowest BCUT2D eigenvalue weighted by Crippen LogP contribution is -2.09. The van der Waals surface area contributed by atoms with E-state index in [1.54, 1.807) is 0 Å². The molecular weight excluding hydrogens is 200 g/mol. The van der Waals surface area contributed by atoms with Gasteiger partial charge in [-0.2, -0.15) is 5.10 Å². The van der Waals surface area contributed by atoms with E-state index >= 15 is 0 Å². The molecule has 1 aromatic heterocycles. The standard InChI is InChI=1S/C12H22N4/c1-3-16-12(11(13)9(2)15-16)14-8-4-5-10-6-7-10/h10,14H,3-8,13H2,1-2H3. The summed E-state index contributed by atoms with van der Waals surface area (Å²) < 4.78 is 1.95. The summed E-state index contributed by atoms with van der Waals surface area (Å²) in [4.78, 5) is 0. The zero-order chi connectivity index (χ0) is 11.5. The van der Waals surface area contributed by atoms with Gasteiger partial charge in [0.1, 0.15) is 5.82 Å². The molecule has 0 amide bonds. The molecule has 3 N–H and O–H groups in total. The third-order valence-electron chi connectivity index (χ3n) is 3.25. The van der Waals surface area contributed by atoms with Gasteiger partial charge in [0.2, 0.25) is 0 Å². The van der Waals surface area contributed by atoms with Crippen LogP contribution in [0.2, 0.25) is 0 Å². The molecule has 2 rings (SSSR count). The fourth-order valence-corrected chi connectivity index (χ4v) is 2.01. The Morgan fingerprint density at radius 1 is 1.50 bits per heavy atom. The Hall–Kier alpha value is -1.19. The highest BCUT2D eigenvalue weighted by atomic mass is 15.3. The maximum absolute atomic E-state index is 5.99. The Morgan fingerprint density at radius 3 is 2.88 bits per heavy atom. The van der Waals surface area contributed by atoms with Gasteiger partial charge < -0.3 is 11.1 Å². The molecule has 0 bridgehead atoms. The second-order valence-corrected chi connectivity index (χ2v) is 4.68. The number of nitrogen functional groups attached to an aromatic ring is 1. The molecule has 1 heterocycles. The Kier molecular flexibility index (Phi) is 3.36. The van der Waals surface area contributed by atoms with Crippen molar-refractivity contribution < 1.29 is 0 Å². The van der Waals surface area contributed by atoms with Crippen molar-refractivity contribution in [2.75, 3.05) is 17.6 Å². The minimum Gasteiger partial charge on any atom is -0.394 e. The molecule has 16 heavy (non-hydrogen) atoms. The van der Waals surface area contributed by atoms with Crippen molar-refractivity contribution in [2.24, 2.45) is 5.92 Å². The summed E-state index contributed by atoms with van der Waals surface area (Å²) in [5.74, 6) is 2.01. The zero-order valence-corrected chi connectivity index (χ0v) is 10.3. The number of anilines is 2. The Morgan fingerprint density at radius 2 is 2.25 bits per heavy atom. The number of aryl methyl sites for hydroxylation is 2. The molecule has 1 saturated carbocycles. The van der Waals surface area contributed by atoms with Gasteiger partial charge in [0, 0.05) is 13.1 Å². The van der Waals surface area contributed by atoms with E-state index in [2.05, 4.69) is 17.3 Å². The first-order valence-electron chi connectivity index (χ1n) is 6.29. The number of hydrogen-bond acceptors (Lipinski definition) is 3. The number of nitrogens with zero attached hydrogens (tertiary/aromatic N) is 2. The van der Waals surface area contributed by atoms with Crippen molar-refractivity contribution in [2.45, 2.75) is 46.1 Å². The number of hydrogen-bond donors (Lipinski definition) is 2. The van der Waals surface area contributed by atoms with Crippen molar-refractivity contribution in [1.82, 2.24) is 9.78 Å². The smallest absolute Gasteiger partial charge is 0.148 e. The van der Waals surface area contributed by atoms with Gasteiger partial charge in [-0.25, -0.2) is 4.68 Å². The molecular formula is C12H22N4. The van der Waals surface area contributed by atoms with Crippen LogP contribution >= 0.6 is 0 Å². The SMILES string of the molecule is CCn1nc(C)c(N)c1NCCCC1CC1. The molecule has 1 aromatic rings. The van der Waals surface area contributed by atoms with Crippen LogP contribution in [-0.4, -0.2) is 16.3 Å². The lowest BCUT2D eigenvalue weighted by Gasteiger charge is -2.08. The molecule has 1 aliphatic rings. The fourth-order valence-electron chi connectivity index (χ4n) is 2.01. The van der Waals surface area contributed by atoms with Crippen LogP contribution < -0.4 is 11.1 Å². The molecule has 0 unspecified atom stereocenters. The number of aromatic nitrogens is 2. The third-order valence-corrected chi connectivity index (χ3v) is 3.25. The van der Waals surface area contributed by atoms with Gasteiger partial charge in [0.05, 0.1) is 11.4 Å². The molecule has 0 aromatic carbocycles. The average Bonchev–Trinajstić information content (AvgIpc) is 3.05. The summed E-state index contributed by atoms with van der Waals surface area (Å²) in [6.45, 7) is 5.91. The van der Waals surface area contributed by atoms with E-state index in [0.29, 0.717) is 0 Å². The van der Waals surface area contributed by atoms with Crippen LogP contribution in [0.3, 0.4) is 0 Å². The summed E-state index contributed by atoms with van der Waals surface area (Å²) in [5.41, 5.74) is 7.71. The van der Waals surface area contributed by atoms with Crippen molar-refractivity contribution >= 4 is 11.5 Å². The minimum absolute atomic E-state index is 0.799. The van der Waals surface area contributed by atoms with Crippen molar-refractivity contribution in [3.05, 3.63) is 5.69 Å². The maximum atomic E-state index is 5.99.